The molecule has 1 aromatic carbocycles. The molecule has 0 aromatic heterocycles. The highest BCUT2D eigenvalue weighted by atomic mass is 16.2. The molecule has 6 heteroatoms. The fraction of sp³-hybridized carbons (Fsp3) is 0.680. The van der Waals surface area contributed by atoms with Crippen molar-refractivity contribution in [2.45, 2.75) is 64.5 Å². The number of amides is 1. The van der Waals surface area contributed by atoms with Crippen molar-refractivity contribution in [1.29, 1.82) is 0 Å². The average molecular weight is 428 g/mol. The van der Waals surface area contributed by atoms with Gasteiger partial charge in [0.05, 0.1) is 5.41 Å². The van der Waals surface area contributed by atoms with Crippen LogP contribution in [0.15, 0.2) is 29.3 Å². The van der Waals surface area contributed by atoms with Gasteiger partial charge in [0.25, 0.3) is 0 Å². The van der Waals surface area contributed by atoms with Gasteiger partial charge in [0.1, 0.15) is 0 Å². The number of likely N-dealkylation sites (tertiary alicyclic amines) is 1. The zero-order chi connectivity index (χ0) is 22.1. The molecule has 31 heavy (non-hydrogen) atoms. The van der Waals surface area contributed by atoms with Crippen LogP contribution in [0.4, 0.5) is 0 Å². The molecule has 1 aliphatic carbocycles. The van der Waals surface area contributed by atoms with E-state index < -0.39 is 0 Å². The van der Waals surface area contributed by atoms with Crippen LogP contribution >= 0.6 is 0 Å². The Labute approximate surface area is 188 Å². The normalized spacial score (nSPS) is 19.6. The first-order valence-corrected chi connectivity index (χ1v) is 12.0. The molecule has 0 unspecified atom stereocenters. The molecule has 2 N–H and O–H groups in total. The number of nitrogens with one attached hydrogen (secondary N) is 2. The minimum Gasteiger partial charge on any atom is -0.355 e. The zero-order valence-corrected chi connectivity index (χ0v) is 19.8. The van der Waals surface area contributed by atoms with Crippen molar-refractivity contribution in [2.75, 3.05) is 40.8 Å². The number of carbonyl (C=O) groups is 1. The Morgan fingerprint density at radius 2 is 1.65 bits per heavy atom. The molecule has 0 spiro atoms. The lowest BCUT2D eigenvalue weighted by atomic mass is 9.84. The molecule has 0 atom stereocenters. The number of nitrogens with zero attached hydrogens (tertiary/aromatic N) is 3. The van der Waals surface area contributed by atoms with E-state index in [0.717, 1.165) is 44.7 Å². The molecule has 1 saturated heterocycles. The second kappa shape index (κ2) is 11.5. The summed E-state index contributed by atoms with van der Waals surface area (Å²) < 4.78 is 0. The SMILES string of the molecule is CN=C(NCc1ccccc1CN1CCCCCC1)NCC1(C(=O)N(C)C)CCCC1. The molecule has 1 amide bonds. The molecule has 2 fully saturated rings. The highest BCUT2D eigenvalue weighted by Gasteiger charge is 2.42. The van der Waals surface area contributed by atoms with Crippen LogP contribution in [0.2, 0.25) is 0 Å². The third-order valence-electron chi connectivity index (χ3n) is 6.90. The van der Waals surface area contributed by atoms with Gasteiger partial charge in [-0.15, -0.1) is 0 Å². The fourth-order valence-electron chi connectivity index (χ4n) is 5.06. The third kappa shape index (κ3) is 6.45. The molecule has 6 nitrogen and oxygen atoms in total. The molecule has 1 saturated carbocycles. The second-order valence-electron chi connectivity index (χ2n) is 9.43. The number of guanidine groups is 1. The standard InChI is InChI=1S/C25H41N5O/c1-26-24(28-20-25(14-8-9-15-25)23(31)29(2)3)27-18-21-12-6-7-13-22(21)19-30-16-10-4-5-11-17-30/h6-7,12-13H,4-5,8-11,14-20H2,1-3H3,(H2,26,27,28). The monoisotopic (exact) mass is 427 g/mol. The van der Waals surface area contributed by atoms with Crippen LogP contribution in [0.5, 0.6) is 0 Å². The minimum atomic E-state index is -0.300. The smallest absolute Gasteiger partial charge is 0.230 e. The van der Waals surface area contributed by atoms with E-state index in [1.807, 2.05) is 14.1 Å². The quantitative estimate of drug-likeness (QED) is 0.517. The summed E-state index contributed by atoms with van der Waals surface area (Å²) >= 11 is 0. The minimum absolute atomic E-state index is 0.232. The Balaban J connectivity index is 1.57. The van der Waals surface area contributed by atoms with Gasteiger partial charge in [0, 0.05) is 40.8 Å². The summed E-state index contributed by atoms with van der Waals surface area (Å²) in [5.41, 5.74) is 2.41. The van der Waals surface area contributed by atoms with E-state index in [4.69, 9.17) is 0 Å². The number of benzene rings is 1. The van der Waals surface area contributed by atoms with Gasteiger partial charge in [-0.2, -0.15) is 0 Å². The number of aliphatic imine (C=N–C) groups is 1. The molecule has 2 aliphatic rings. The van der Waals surface area contributed by atoms with Gasteiger partial charge in [0.15, 0.2) is 5.96 Å². The number of rotatable bonds is 7. The predicted octanol–water partition coefficient (Wildman–Crippen LogP) is 3.38. The Morgan fingerprint density at radius 3 is 2.26 bits per heavy atom. The second-order valence-corrected chi connectivity index (χ2v) is 9.43. The highest BCUT2D eigenvalue weighted by molar-refractivity contribution is 5.85. The van der Waals surface area contributed by atoms with Gasteiger partial charge in [-0.1, -0.05) is 49.9 Å². The molecular weight excluding hydrogens is 386 g/mol. The summed E-state index contributed by atoms with van der Waals surface area (Å²) in [7, 11) is 5.51. The maximum Gasteiger partial charge on any atom is 0.230 e. The summed E-state index contributed by atoms with van der Waals surface area (Å²) in [5, 5.41) is 6.93. The van der Waals surface area contributed by atoms with Crippen LogP contribution < -0.4 is 10.6 Å². The van der Waals surface area contributed by atoms with Crippen LogP contribution in [0.1, 0.15) is 62.5 Å². The van der Waals surface area contributed by atoms with Crippen LogP contribution in [-0.2, 0) is 17.9 Å². The molecule has 172 valence electrons. The fourth-order valence-corrected chi connectivity index (χ4v) is 5.06. The summed E-state index contributed by atoms with van der Waals surface area (Å²) in [5.74, 6) is 0.998. The molecule has 0 bridgehead atoms. The molecule has 1 heterocycles. The van der Waals surface area contributed by atoms with Crippen LogP contribution in [0.25, 0.3) is 0 Å². The van der Waals surface area contributed by atoms with Crippen LogP contribution in [-0.4, -0.2) is 62.4 Å². The summed E-state index contributed by atoms with van der Waals surface area (Å²) in [4.78, 5) is 21.6. The van der Waals surface area contributed by atoms with E-state index in [-0.39, 0.29) is 11.3 Å². The predicted molar refractivity (Wildman–Crippen MR) is 128 cm³/mol. The lowest BCUT2D eigenvalue weighted by Crippen LogP contribution is -2.49. The Kier molecular flexibility index (Phi) is 8.76. The van der Waals surface area contributed by atoms with Crippen LogP contribution in [0.3, 0.4) is 0 Å². The van der Waals surface area contributed by atoms with E-state index >= 15 is 0 Å². The summed E-state index contributed by atoms with van der Waals surface area (Å²) in [6, 6.07) is 8.71. The van der Waals surface area contributed by atoms with Crippen molar-refractivity contribution in [3.63, 3.8) is 0 Å². The van der Waals surface area contributed by atoms with Gasteiger partial charge < -0.3 is 15.5 Å². The van der Waals surface area contributed by atoms with Gasteiger partial charge >= 0.3 is 0 Å². The van der Waals surface area contributed by atoms with Gasteiger partial charge in [-0.05, 0) is 49.9 Å². The lowest BCUT2D eigenvalue weighted by Gasteiger charge is -2.31. The zero-order valence-electron chi connectivity index (χ0n) is 19.8. The number of carbonyl (C=O) groups excluding carboxylic acids is 1. The van der Waals surface area contributed by atoms with Crippen molar-refractivity contribution >= 4 is 11.9 Å². The van der Waals surface area contributed by atoms with E-state index in [0.29, 0.717) is 6.54 Å². The number of hydrogen-bond donors (Lipinski definition) is 2. The van der Waals surface area contributed by atoms with E-state index in [2.05, 4.69) is 44.8 Å². The van der Waals surface area contributed by atoms with Crippen molar-refractivity contribution in [2.24, 2.45) is 10.4 Å². The molecule has 0 radical (unpaired) electrons. The maximum atomic E-state index is 12.8. The largest absolute Gasteiger partial charge is 0.355 e. The first-order valence-electron chi connectivity index (χ1n) is 12.0. The summed E-state index contributed by atoms with van der Waals surface area (Å²) in [6.07, 6.45) is 9.49. The maximum absolute atomic E-state index is 12.8. The van der Waals surface area contributed by atoms with E-state index in [9.17, 15) is 4.79 Å². The lowest BCUT2D eigenvalue weighted by molar-refractivity contribution is -0.138. The Hall–Kier alpha value is -2.08. The van der Waals surface area contributed by atoms with Gasteiger partial charge in [-0.25, -0.2) is 0 Å². The van der Waals surface area contributed by atoms with Crippen molar-refractivity contribution in [3.05, 3.63) is 35.4 Å². The first kappa shape index (κ1) is 23.6. The van der Waals surface area contributed by atoms with Crippen molar-refractivity contribution in [1.82, 2.24) is 20.4 Å². The highest BCUT2D eigenvalue weighted by Crippen LogP contribution is 2.38. The molecule has 1 aromatic rings. The Bertz CT molecular complexity index is 731. The van der Waals surface area contributed by atoms with E-state index in [1.165, 1.54) is 49.9 Å². The topological polar surface area (TPSA) is 60.0 Å². The van der Waals surface area contributed by atoms with Gasteiger partial charge in [0.2, 0.25) is 5.91 Å². The Morgan fingerprint density at radius 1 is 1.00 bits per heavy atom. The van der Waals surface area contributed by atoms with Crippen molar-refractivity contribution in [3.8, 4) is 0 Å². The van der Waals surface area contributed by atoms with Crippen molar-refractivity contribution < 1.29 is 4.79 Å². The molecule has 1 aliphatic heterocycles. The average Bonchev–Trinajstić information content (AvgIpc) is 3.12. The molecule has 3 rings (SSSR count). The van der Waals surface area contributed by atoms with E-state index in [1.54, 1.807) is 11.9 Å². The molecular formula is C25H41N5O. The van der Waals surface area contributed by atoms with Gasteiger partial charge in [-0.3, -0.25) is 14.7 Å². The van der Waals surface area contributed by atoms with Crippen LogP contribution in [0, 0.1) is 5.41 Å². The summed E-state index contributed by atoms with van der Waals surface area (Å²) in [6.45, 7) is 4.79. The first-order chi connectivity index (χ1) is 15.0. The number of hydrogen-bond acceptors (Lipinski definition) is 3. The third-order valence-corrected chi connectivity index (χ3v) is 6.90.